The maximum absolute atomic E-state index is 5.15. The third-order valence-corrected chi connectivity index (χ3v) is 6.00. The van der Waals surface area contributed by atoms with Crippen LogP contribution in [0.25, 0.3) is 0 Å². The van der Waals surface area contributed by atoms with Gasteiger partial charge in [-0.3, -0.25) is 4.99 Å². The van der Waals surface area contributed by atoms with Crippen molar-refractivity contribution in [2.24, 2.45) is 4.99 Å². The normalized spacial score (nSPS) is 20.7. The van der Waals surface area contributed by atoms with Crippen molar-refractivity contribution < 1.29 is 4.74 Å². The molecule has 0 aromatic carbocycles. The number of aryl methyl sites for hydroxylation is 1. The van der Waals surface area contributed by atoms with Crippen molar-refractivity contribution in [1.29, 1.82) is 0 Å². The topological polar surface area (TPSA) is 79.6 Å². The van der Waals surface area contributed by atoms with Gasteiger partial charge in [-0.15, -0.1) is 0 Å². The highest BCUT2D eigenvalue weighted by molar-refractivity contribution is 5.80. The van der Waals surface area contributed by atoms with Crippen LogP contribution in [-0.2, 0) is 24.3 Å². The number of guanidine groups is 1. The molecule has 1 aliphatic carbocycles. The monoisotopic (exact) mass is 405 g/mol. The molecule has 1 saturated carbocycles. The Hall–Kier alpha value is -1.67. The molecule has 0 radical (unpaired) electrons. The van der Waals surface area contributed by atoms with Gasteiger partial charge in [0.25, 0.3) is 0 Å². The number of methoxy groups -OCH3 is 1. The molecular weight excluding hydrogens is 366 g/mol. The quantitative estimate of drug-likeness (QED) is 0.371. The zero-order valence-corrected chi connectivity index (χ0v) is 18.5. The average Bonchev–Trinajstić information content (AvgIpc) is 3.13. The van der Waals surface area contributed by atoms with E-state index in [1.54, 1.807) is 7.11 Å². The summed E-state index contributed by atoms with van der Waals surface area (Å²) in [6, 6.07) is 1.10. The predicted molar refractivity (Wildman–Crippen MR) is 116 cm³/mol. The predicted octanol–water partition coefficient (Wildman–Crippen LogP) is 1.95. The first-order valence-corrected chi connectivity index (χ1v) is 11.4. The van der Waals surface area contributed by atoms with Crippen LogP contribution >= 0.6 is 0 Å². The molecule has 0 bridgehead atoms. The summed E-state index contributed by atoms with van der Waals surface area (Å²) in [7, 11) is 3.95. The van der Waals surface area contributed by atoms with Gasteiger partial charge in [0.05, 0.1) is 6.54 Å². The molecule has 8 nitrogen and oxygen atoms in total. The van der Waals surface area contributed by atoms with Gasteiger partial charge in [0, 0.05) is 38.7 Å². The summed E-state index contributed by atoms with van der Waals surface area (Å²) in [5, 5.41) is 11.5. The van der Waals surface area contributed by atoms with Crippen LogP contribution in [0.2, 0.25) is 0 Å². The fourth-order valence-corrected chi connectivity index (χ4v) is 4.40. The summed E-state index contributed by atoms with van der Waals surface area (Å²) < 4.78 is 7.16. The molecule has 0 spiro atoms. The number of ether oxygens (including phenoxy) is 1. The second-order valence-electron chi connectivity index (χ2n) is 8.33. The van der Waals surface area contributed by atoms with Crippen LogP contribution in [0.3, 0.4) is 0 Å². The number of nitrogens with zero attached hydrogens (tertiary/aromatic N) is 5. The SMILES string of the molecule is CCNC(=NCCCN(C)C1CCCCC1)NC1CCc2nc(COC)nn2C1. The second kappa shape index (κ2) is 11.5. The maximum Gasteiger partial charge on any atom is 0.191 e. The first-order chi connectivity index (χ1) is 14.2. The van der Waals surface area contributed by atoms with E-state index in [1.807, 2.05) is 4.68 Å². The lowest BCUT2D eigenvalue weighted by Gasteiger charge is -2.31. The third kappa shape index (κ3) is 6.67. The summed E-state index contributed by atoms with van der Waals surface area (Å²) >= 11 is 0. The van der Waals surface area contributed by atoms with E-state index in [9.17, 15) is 0 Å². The summed E-state index contributed by atoms with van der Waals surface area (Å²) in [6.07, 6.45) is 10.00. The number of rotatable bonds is 9. The molecule has 1 aromatic rings. The van der Waals surface area contributed by atoms with E-state index in [1.165, 1.54) is 32.1 Å². The van der Waals surface area contributed by atoms with Gasteiger partial charge in [-0.05, 0) is 46.2 Å². The summed E-state index contributed by atoms with van der Waals surface area (Å²) in [5.41, 5.74) is 0. The minimum atomic E-state index is 0.322. The van der Waals surface area contributed by atoms with E-state index in [0.29, 0.717) is 12.6 Å². The van der Waals surface area contributed by atoms with E-state index >= 15 is 0 Å². The van der Waals surface area contributed by atoms with E-state index in [2.05, 4.69) is 39.6 Å². The molecule has 2 heterocycles. The zero-order chi connectivity index (χ0) is 20.5. The van der Waals surface area contributed by atoms with Gasteiger partial charge in [-0.2, -0.15) is 5.10 Å². The molecule has 0 saturated heterocycles. The van der Waals surface area contributed by atoms with Crippen LogP contribution in [0.1, 0.15) is 63.5 Å². The molecule has 164 valence electrons. The number of hydrogen-bond acceptors (Lipinski definition) is 5. The molecule has 1 aliphatic heterocycles. The fraction of sp³-hybridized carbons (Fsp3) is 0.857. The number of nitrogens with one attached hydrogen (secondary N) is 2. The van der Waals surface area contributed by atoms with E-state index < -0.39 is 0 Å². The molecule has 1 fully saturated rings. The first kappa shape index (κ1) is 22.0. The maximum atomic E-state index is 5.15. The number of fused-ring (bicyclic) bond motifs is 1. The Balaban J connectivity index is 1.45. The lowest BCUT2D eigenvalue weighted by Crippen LogP contribution is -2.47. The number of aliphatic imine (C=N–C) groups is 1. The Morgan fingerprint density at radius 2 is 2.10 bits per heavy atom. The van der Waals surface area contributed by atoms with Crippen molar-refractivity contribution in [1.82, 2.24) is 30.3 Å². The minimum Gasteiger partial charge on any atom is -0.377 e. The third-order valence-electron chi connectivity index (χ3n) is 6.00. The average molecular weight is 406 g/mol. The van der Waals surface area contributed by atoms with Crippen molar-refractivity contribution in [3.8, 4) is 0 Å². The number of aromatic nitrogens is 3. The first-order valence-electron chi connectivity index (χ1n) is 11.4. The smallest absolute Gasteiger partial charge is 0.191 e. The zero-order valence-electron chi connectivity index (χ0n) is 18.5. The molecule has 29 heavy (non-hydrogen) atoms. The van der Waals surface area contributed by atoms with E-state index in [4.69, 9.17) is 9.73 Å². The van der Waals surface area contributed by atoms with Gasteiger partial charge < -0.3 is 20.3 Å². The molecule has 8 heteroatoms. The van der Waals surface area contributed by atoms with Crippen LogP contribution in [-0.4, -0.2) is 71.5 Å². The Kier molecular flexibility index (Phi) is 8.73. The molecule has 1 aromatic heterocycles. The Labute approximate surface area is 175 Å². The Morgan fingerprint density at radius 3 is 2.86 bits per heavy atom. The molecule has 1 unspecified atom stereocenters. The van der Waals surface area contributed by atoms with Crippen molar-refractivity contribution in [3.05, 3.63) is 11.6 Å². The molecular formula is C21H39N7O. The lowest BCUT2D eigenvalue weighted by molar-refractivity contribution is 0.177. The Bertz CT molecular complexity index is 639. The summed E-state index contributed by atoms with van der Waals surface area (Å²) in [6.45, 7) is 6.25. The largest absolute Gasteiger partial charge is 0.377 e. The summed E-state index contributed by atoms with van der Waals surface area (Å²) in [4.78, 5) is 11.9. The minimum absolute atomic E-state index is 0.322. The second-order valence-corrected chi connectivity index (χ2v) is 8.33. The Morgan fingerprint density at radius 1 is 1.28 bits per heavy atom. The molecule has 2 aliphatic rings. The van der Waals surface area contributed by atoms with Crippen molar-refractivity contribution in [2.75, 3.05) is 33.8 Å². The van der Waals surface area contributed by atoms with Gasteiger partial charge in [0.15, 0.2) is 11.8 Å². The highest BCUT2D eigenvalue weighted by Crippen LogP contribution is 2.21. The number of hydrogen-bond donors (Lipinski definition) is 2. The standard InChI is InChI=1S/C21H39N7O/c1-4-22-21(23-13-8-14-27(2)18-9-6-5-7-10-18)24-17-11-12-20-25-19(16-29-3)26-28(20)15-17/h17-18H,4-16H2,1-3H3,(H2,22,23,24). The van der Waals surface area contributed by atoms with Gasteiger partial charge in [0.2, 0.25) is 0 Å². The van der Waals surface area contributed by atoms with Gasteiger partial charge in [0.1, 0.15) is 12.4 Å². The molecule has 0 amide bonds. The fourth-order valence-electron chi connectivity index (χ4n) is 4.40. The van der Waals surface area contributed by atoms with Crippen LogP contribution in [0.4, 0.5) is 0 Å². The van der Waals surface area contributed by atoms with Gasteiger partial charge in [-0.25, -0.2) is 9.67 Å². The molecule has 3 rings (SSSR count). The van der Waals surface area contributed by atoms with E-state index in [-0.39, 0.29) is 0 Å². The van der Waals surface area contributed by atoms with Crippen molar-refractivity contribution in [3.63, 3.8) is 0 Å². The van der Waals surface area contributed by atoms with Crippen molar-refractivity contribution in [2.45, 2.75) is 83.5 Å². The van der Waals surface area contributed by atoms with Crippen LogP contribution in [0, 0.1) is 0 Å². The molecule has 1 atom stereocenters. The van der Waals surface area contributed by atoms with Gasteiger partial charge >= 0.3 is 0 Å². The highest BCUT2D eigenvalue weighted by Gasteiger charge is 2.22. The van der Waals surface area contributed by atoms with Crippen LogP contribution in [0.15, 0.2) is 4.99 Å². The van der Waals surface area contributed by atoms with Crippen molar-refractivity contribution >= 4 is 5.96 Å². The lowest BCUT2D eigenvalue weighted by atomic mass is 9.94. The highest BCUT2D eigenvalue weighted by atomic mass is 16.5. The molecule has 2 N–H and O–H groups in total. The van der Waals surface area contributed by atoms with Crippen LogP contribution in [0.5, 0.6) is 0 Å². The van der Waals surface area contributed by atoms with Gasteiger partial charge in [-0.1, -0.05) is 19.3 Å². The van der Waals surface area contributed by atoms with E-state index in [0.717, 1.165) is 69.1 Å². The van der Waals surface area contributed by atoms with Crippen LogP contribution < -0.4 is 10.6 Å². The summed E-state index contributed by atoms with van der Waals surface area (Å²) in [5.74, 6) is 2.74.